The van der Waals surface area contributed by atoms with Crippen molar-refractivity contribution >= 4 is 15.9 Å². The summed E-state index contributed by atoms with van der Waals surface area (Å²) in [6.07, 6.45) is 9.78. The van der Waals surface area contributed by atoms with Gasteiger partial charge in [-0.25, -0.2) is 8.42 Å². The molecule has 34 heavy (non-hydrogen) atoms. The molecule has 0 saturated heterocycles. The summed E-state index contributed by atoms with van der Waals surface area (Å²) >= 11 is 0. The van der Waals surface area contributed by atoms with Crippen LogP contribution in [-0.2, 0) is 14.8 Å². The van der Waals surface area contributed by atoms with Crippen LogP contribution in [-0.4, -0.2) is 43.0 Å². The number of nitrogens with one attached hydrogen (secondary N) is 1. The van der Waals surface area contributed by atoms with Crippen molar-refractivity contribution in [2.45, 2.75) is 104 Å². The topological polar surface area (TPSA) is 104 Å². The van der Waals surface area contributed by atoms with Gasteiger partial charge in [-0.2, -0.15) is 0 Å². The smallest absolute Gasteiger partial charge is 0.233 e. The summed E-state index contributed by atoms with van der Waals surface area (Å²) in [7, 11) is -3.51. The molecular weight excluding hydrogens is 450 g/mol. The lowest BCUT2D eigenvalue weighted by Crippen LogP contribution is -2.62. The molecule has 4 aliphatic carbocycles. The maximum atomic E-state index is 12.1. The van der Waals surface area contributed by atoms with Crippen molar-refractivity contribution in [2.75, 3.05) is 6.26 Å². The molecule has 4 saturated carbocycles. The van der Waals surface area contributed by atoms with Gasteiger partial charge in [-0.1, -0.05) is 34.1 Å². The fraction of sp³-hybridized carbons (Fsp3) is 0.963. The number of carbonyl (C=O) groups excluding carboxylic acids is 1. The minimum atomic E-state index is -3.51. The highest BCUT2D eigenvalue weighted by molar-refractivity contribution is 7.89. The van der Waals surface area contributed by atoms with Crippen LogP contribution in [0.1, 0.15) is 91.9 Å². The lowest BCUT2D eigenvalue weighted by atomic mass is 9.41. The Balaban J connectivity index is 1.52. The summed E-state index contributed by atoms with van der Waals surface area (Å²) in [5.74, 6) is 2.44. The van der Waals surface area contributed by atoms with Gasteiger partial charge in [0, 0.05) is 6.42 Å². The third-order valence-corrected chi connectivity index (χ3v) is 11.9. The number of aliphatic hydroxyl groups excluding tert-OH is 2. The van der Waals surface area contributed by atoms with Gasteiger partial charge in [-0.05, 0) is 104 Å². The number of sulfonamides is 1. The molecule has 7 heteroatoms. The average molecular weight is 498 g/mol. The fourth-order valence-corrected chi connectivity index (χ4v) is 10.3. The van der Waals surface area contributed by atoms with Crippen LogP contribution in [0.4, 0.5) is 0 Å². The zero-order valence-electron chi connectivity index (χ0n) is 21.8. The highest BCUT2D eigenvalue weighted by Crippen LogP contribution is 2.69. The fourth-order valence-electron chi connectivity index (χ4n) is 9.75. The molecule has 4 rings (SSSR count). The van der Waals surface area contributed by atoms with Crippen LogP contribution in [0.3, 0.4) is 0 Å². The molecule has 6 nitrogen and oxygen atoms in total. The predicted octanol–water partition coefficient (Wildman–Crippen LogP) is 4.11. The van der Waals surface area contributed by atoms with Crippen molar-refractivity contribution < 1.29 is 23.4 Å². The van der Waals surface area contributed by atoms with Gasteiger partial charge in [0.25, 0.3) is 0 Å². The van der Waals surface area contributed by atoms with Gasteiger partial charge in [0.05, 0.1) is 18.5 Å². The van der Waals surface area contributed by atoms with Crippen molar-refractivity contribution in [1.82, 2.24) is 4.72 Å². The van der Waals surface area contributed by atoms with Crippen molar-refractivity contribution in [3.8, 4) is 0 Å². The van der Waals surface area contributed by atoms with Gasteiger partial charge in [0.1, 0.15) is 0 Å². The van der Waals surface area contributed by atoms with E-state index < -0.39 is 15.9 Å². The Hall–Kier alpha value is -0.660. The molecule has 0 aromatic rings. The molecule has 4 aliphatic rings. The summed E-state index contributed by atoms with van der Waals surface area (Å²) in [5.41, 5.74) is 0.364. The van der Waals surface area contributed by atoms with E-state index in [4.69, 9.17) is 0 Å². The molecule has 4 unspecified atom stereocenters. The molecule has 0 aliphatic heterocycles. The Morgan fingerprint density at radius 3 is 2.32 bits per heavy atom. The predicted molar refractivity (Wildman–Crippen MR) is 133 cm³/mol. The van der Waals surface area contributed by atoms with Gasteiger partial charge in [0.15, 0.2) is 0 Å². The monoisotopic (exact) mass is 497 g/mol. The minimum absolute atomic E-state index is 0.157. The van der Waals surface area contributed by atoms with E-state index in [1.165, 1.54) is 0 Å². The number of hydrogen-bond donors (Lipinski definition) is 3. The first-order valence-corrected chi connectivity index (χ1v) is 15.6. The quantitative estimate of drug-likeness (QED) is 0.512. The zero-order chi connectivity index (χ0) is 25.1. The van der Waals surface area contributed by atoms with Gasteiger partial charge in [-0.15, -0.1) is 0 Å². The molecule has 4 fully saturated rings. The van der Waals surface area contributed by atoms with E-state index in [0.717, 1.165) is 57.6 Å². The highest BCUT2D eigenvalue weighted by Gasteiger charge is 2.64. The molecule has 196 valence electrons. The van der Waals surface area contributed by atoms with E-state index >= 15 is 0 Å². The number of amides is 1. The summed E-state index contributed by atoms with van der Waals surface area (Å²) in [5, 5.41) is 22.2. The largest absolute Gasteiger partial charge is 0.393 e. The van der Waals surface area contributed by atoms with Crippen LogP contribution >= 0.6 is 0 Å². The maximum Gasteiger partial charge on any atom is 0.233 e. The first kappa shape index (κ1) is 26.4. The number of hydrogen-bond acceptors (Lipinski definition) is 5. The molecule has 1 amide bonds. The standard InChI is InChI=1S/C27H47NO5S/c1-6-18-22-15-17(29)11-13-27(22,4)21-12-14-26(3)19(8-9-20(26)24(21)25(18)31)16(2)7-10-23(30)28-34(5,32)33/h16-22,24-25,29,31H,6-15H2,1-5H3,(H,28,30)/t16-,17-,18-,19?,20?,21?,22+,24?,25-,26-,27-/m1/s1. The van der Waals surface area contributed by atoms with Gasteiger partial charge in [0.2, 0.25) is 15.9 Å². The van der Waals surface area contributed by atoms with Crippen LogP contribution < -0.4 is 4.72 Å². The summed E-state index contributed by atoms with van der Waals surface area (Å²) < 4.78 is 24.8. The summed E-state index contributed by atoms with van der Waals surface area (Å²) in [4.78, 5) is 12.1. The van der Waals surface area contributed by atoms with Crippen molar-refractivity contribution in [3.05, 3.63) is 0 Å². The molecule has 0 bridgehead atoms. The van der Waals surface area contributed by atoms with Gasteiger partial charge < -0.3 is 10.2 Å². The third-order valence-electron chi connectivity index (χ3n) is 11.3. The number of carbonyl (C=O) groups is 1. The molecule has 0 radical (unpaired) electrons. The van der Waals surface area contributed by atoms with Crippen LogP contribution in [0.25, 0.3) is 0 Å². The molecular formula is C27H47NO5S. The Morgan fingerprint density at radius 2 is 1.68 bits per heavy atom. The van der Waals surface area contributed by atoms with E-state index in [1.54, 1.807) is 0 Å². The number of fused-ring (bicyclic) bond motifs is 5. The van der Waals surface area contributed by atoms with Gasteiger partial charge in [-0.3, -0.25) is 9.52 Å². The first-order chi connectivity index (χ1) is 15.8. The lowest BCUT2D eigenvalue weighted by Gasteiger charge is -2.64. The third kappa shape index (κ3) is 4.47. The van der Waals surface area contributed by atoms with E-state index in [2.05, 4.69) is 32.4 Å². The second-order valence-electron chi connectivity index (χ2n) is 12.9. The molecule has 0 aromatic heterocycles. The Kier molecular flexibility index (Phi) is 7.25. The zero-order valence-corrected chi connectivity index (χ0v) is 22.6. The van der Waals surface area contributed by atoms with Crippen LogP contribution in [0, 0.1) is 52.3 Å². The van der Waals surface area contributed by atoms with Gasteiger partial charge >= 0.3 is 0 Å². The van der Waals surface area contributed by atoms with Crippen molar-refractivity contribution in [1.29, 1.82) is 0 Å². The lowest BCUT2D eigenvalue weighted by molar-refractivity contribution is -0.203. The SMILES string of the molecule is CC[C@H]1[C@@H](O)C2C3CCC([C@H](C)CCC(=O)NS(C)(=O)=O)[C@@]3(C)CCC2[C@@]2(C)CC[C@@H](O)C[C@@H]12. The second kappa shape index (κ2) is 9.33. The summed E-state index contributed by atoms with van der Waals surface area (Å²) in [6, 6.07) is 0. The first-order valence-electron chi connectivity index (χ1n) is 13.7. The van der Waals surface area contributed by atoms with Crippen LogP contribution in [0.2, 0.25) is 0 Å². The summed E-state index contributed by atoms with van der Waals surface area (Å²) in [6.45, 7) is 9.34. The molecule has 0 spiro atoms. The Bertz CT molecular complexity index is 876. The van der Waals surface area contributed by atoms with Crippen molar-refractivity contribution in [3.63, 3.8) is 0 Å². The van der Waals surface area contributed by atoms with Crippen molar-refractivity contribution in [2.24, 2.45) is 52.3 Å². The molecule has 0 aromatic carbocycles. The number of rotatable bonds is 6. The highest BCUT2D eigenvalue weighted by atomic mass is 32.2. The van der Waals surface area contributed by atoms with Crippen LogP contribution in [0.5, 0.6) is 0 Å². The maximum absolute atomic E-state index is 12.1. The second-order valence-corrected chi connectivity index (χ2v) is 14.7. The van der Waals surface area contributed by atoms with E-state index in [-0.39, 0.29) is 35.4 Å². The average Bonchev–Trinajstić information content (AvgIpc) is 3.09. The van der Waals surface area contributed by atoms with E-state index in [0.29, 0.717) is 41.9 Å². The minimum Gasteiger partial charge on any atom is -0.393 e. The normalized spacial score (nSPS) is 47.3. The van der Waals surface area contributed by atoms with Crippen LogP contribution in [0.15, 0.2) is 0 Å². The molecule has 0 heterocycles. The Morgan fingerprint density at radius 1 is 1.03 bits per heavy atom. The van der Waals surface area contributed by atoms with E-state index in [9.17, 15) is 23.4 Å². The van der Waals surface area contributed by atoms with E-state index in [1.807, 2.05) is 0 Å². The Labute approximate surface area is 206 Å². The molecule has 11 atom stereocenters. The molecule has 3 N–H and O–H groups in total. The number of aliphatic hydroxyl groups is 2.